The lowest BCUT2D eigenvalue weighted by atomic mass is 10.1. The van der Waals surface area contributed by atoms with Gasteiger partial charge in [-0.2, -0.15) is 0 Å². The van der Waals surface area contributed by atoms with Crippen LogP contribution in [-0.4, -0.2) is 50.5 Å². The normalized spacial score (nSPS) is 12.2. The molecule has 0 saturated carbocycles. The number of rotatable bonds is 12. The van der Waals surface area contributed by atoms with Gasteiger partial charge >= 0.3 is 0 Å². The Bertz CT molecular complexity index is 1140. The summed E-state index contributed by atoms with van der Waals surface area (Å²) >= 11 is 18.3. The highest BCUT2D eigenvalue weighted by molar-refractivity contribution is 7.92. The van der Waals surface area contributed by atoms with Crippen LogP contribution in [0.4, 0.5) is 5.69 Å². The second kappa shape index (κ2) is 13.3. The van der Waals surface area contributed by atoms with E-state index < -0.39 is 16.1 Å². The molecule has 0 aliphatic heterocycles. The fourth-order valence-electron chi connectivity index (χ4n) is 3.47. The Balaban J connectivity index is 2.19. The summed E-state index contributed by atoms with van der Waals surface area (Å²) in [5.74, 6) is -0.541. The lowest BCUT2D eigenvalue weighted by Crippen LogP contribution is -2.47. The lowest BCUT2D eigenvalue weighted by Gasteiger charge is -2.29. The van der Waals surface area contributed by atoms with Gasteiger partial charge in [-0.3, -0.25) is 13.9 Å². The molecule has 0 aliphatic rings. The SMILES string of the molecule is CCCNC(=O)C(C)N(Cc1cccc(Cl)c1)C(=O)CCCN(c1cc(Cl)ccc1Cl)S(C)(=O)=O. The minimum Gasteiger partial charge on any atom is -0.354 e. The van der Waals surface area contributed by atoms with E-state index >= 15 is 0 Å². The number of sulfonamides is 1. The van der Waals surface area contributed by atoms with Gasteiger partial charge in [0.15, 0.2) is 0 Å². The zero-order valence-electron chi connectivity index (χ0n) is 19.9. The lowest BCUT2D eigenvalue weighted by molar-refractivity contribution is -0.140. The molecule has 2 aromatic rings. The number of carbonyl (C=O) groups is 2. The second-order valence-corrected chi connectivity index (χ2v) is 11.3. The molecular weight excluding hydrogens is 533 g/mol. The van der Waals surface area contributed by atoms with Crippen molar-refractivity contribution in [3.05, 3.63) is 63.1 Å². The number of benzene rings is 2. The van der Waals surface area contributed by atoms with E-state index in [9.17, 15) is 18.0 Å². The molecule has 1 N–H and O–H groups in total. The molecule has 192 valence electrons. The average molecular weight is 563 g/mol. The number of halogens is 3. The van der Waals surface area contributed by atoms with Crippen molar-refractivity contribution in [3.8, 4) is 0 Å². The fraction of sp³-hybridized carbons (Fsp3) is 0.417. The van der Waals surface area contributed by atoms with Crippen molar-refractivity contribution in [2.45, 2.75) is 45.7 Å². The van der Waals surface area contributed by atoms with E-state index in [2.05, 4.69) is 5.32 Å². The minimum absolute atomic E-state index is 0.0199. The molecule has 0 radical (unpaired) electrons. The third-order valence-corrected chi connectivity index (χ3v) is 7.26. The molecule has 2 aromatic carbocycles. The van der Waals surface area contributed by atoms with Crippen molar-refractivity contribution in [1.82, 2.24) is 10.2 Å². The van der Waals surface area contributed by atoms with E-state index in [4.69, 9.17) is 34.8 Å². The van der Waals surface area contributed by atoms with Crippen molar-refractivity contribution >= 4 is 62.3 Å². The van der Waals surface area contributed by atoms with Crippen molar-refractivity contribution < 1.29 is 18.0 Å². The van der Waals surface area contributed by atoms with Gasteiger partial charge in [0.2, 0.25) is 21.8 Å². The van der Waals surface area contributed by atoms with E-state index in [1.165, 1.54) is 17.0 Å². The topological polar surface area (TPSA) is 86.8 Å². The van der Waals surface area contributed by atoms with Crippen LogP contribution >= 0.6 is 34.8 Å². The molecule has 35 heavy (non-hydrogen) atoms. The number of hydrogen-bond donors (Lipinski definition) is 1. The Kier molecular flexibility index (Phi) is 11.1. The van der Waals surface area contributed by atoms with E-state index in [1.807, 2.05) is 13.0 Å². The smallest absolute Gasteiger partial charge is 0.242 e. The van der Waals surface area contributed by atoms with E-state index in [0.29, 0.717) is 16.6 Å². The van der Waals surface area contributed by atoms with E-state index in [1.54, 1.807) is 31.2 Å². The first-order valence-corrected chi connectivity index (χ1v) is 14.2. The summed E-state index contributed by atoms with van der Waals surface area (Å²) in [7, 11) is -3.68. The van der Waals surface area contributed by atoms with Crippen LogP contribution in [-0.2, 0) is 26.2 Å². The van der Waals surface area contributed by atoms with E-state index in [-0.39, 0.29) is 48.5 Å². The largest absolute Gasteiger partial charge is 0.354 e. The first-order chi connectivity index (χ1) is 16.4. The second-order valence-electron chi connectivity index (χ2n) is 8.15. The molecule has 2 amide bonds. The Morgan fingerprint density at radius 3 is 2.37 bits per heavy atom. The maximum Gasteiger partial charge on any atom is 0.242 e. The molecule has 1 atom stereocenters. The summed E-state index contributed by atoms with van der Waals surface area (Å²) in [4.78, 5) is 27.3. The van der Waals surface area contributed by atoms with Gasteiger partial charge < -0.3 is 10.2 Å². The molecule has 0 heterocycles. The average Bonchev–Trinajstić information content (AvgIpc) is 2.79. The number of nitrogens with zero attached hydrogens (tertiary/aromatic N) is 2. The minimum atomic E-state index is -3.68. The molecule has 0 fully saturated rings. The van der Waals surface area contributed by atoms with Gasteiger partial charge in [-0.25, -0.2) is 8.42 Å². The van der Waals surface area contributed by atoms with Crippen molar-refractivity contribution in [1.29, 1.82) is 0 Å². The van der Waals surface area contributed by atoms with Crippen molar-refractivity contribution in [2.75, 3.05) is 23.7 Å². The Morgan fingerprint density at radius 2 is 1.74 bits per heavy atom. The molecular formula is C24H30Cl3N3O4S. The van der Waals surface area contributed by atoms with Gasteiger partial charge in [0.1, 0.15) is 6.04 Å². The van der Waals surface area contributed by atoms with Crippen LogP contribution in [0.5, 0.6) is 0 Å². The third kappa shape index (κ3) is 8.86. The molecule has 2 rings (SSSR count). The van der Waals surface area contributed by atoms with Crippen LogP contribution in [0.15, 0.2) is 42.5 Å². The zero-order valence-corrected chi connectivity index (χ0v) is 23.0. The van der Waals surface area contributed by atoms with Crippen LogP contribution in [0.3, 0.4) is 0 Å². The number of nitrogens with one attached hydrogen (secondary N) is 1. The molecule has 11 heteroatoms. The summed E-state index contributed by atoms with van der Waals surface area (Å²) in [6.45, 7) is 4.33. The van der Waals surface area contributed by atoms with Gasteiger partial charge in [0.05, 0.1) is 17.0 Å². The van der Waals surface area contributed by atoms with Gasteiger partial charge in [0, 0.05) is 36.1 Å². The summed E-state index contributed by atoms with van der Waals surface area (Å²) in [6.07, 6.45) is 2.08. The zero-order chi connectivity index (χ0) is 26.2. The molecule has 0 spiro atoms. The Labute approximate surface area is 222 Å². The summed E-state index contributed by atoms with van der Waals surface area (Å²) in [6, 6.07) is 10.9. The number of hydrogen-bond acceptors (Lipinski definition) is 4. The quantitative estimate of drug-likeness (QED) is 0.388. The molecule has 0 aromatic heterocycles. The summed E-state index contributed by atoms with van der Waals surface area (Å²) in [5, 5.41) is 3.92. The van der Waals surface area contributed by atoms with Crippen LogP contribution in [0, 0.1) is 0 Å². The van der Waals surface area contributed by atoms with Gasteiger partial charge in [0.25, 0.3) is 0 Å². The Hall–Kier alpha value is -2.00. The number of anilines is 1. The predicted octanol–water partition coefficient (Wildman–Crippen LogP) is 5.14. The van der Waals surface area contributed by atoms with Crippen molar-refractivity contribution in [3.63, 3.8) is 0 Å². The standard InChI is InChI=1S/C24H30Cl3N3O4S/c1-4-12-28-24(32)17(2)29(16-18-7-5-8-19(25)14-18)23(31)9-6-13-30(35(3,33)34)22-15-20(26)10-11-21(22)27/h5,7-8,10-11,14-15,17H,4,6,9,12-13,16H2,1-3H3,(H,28,32). The third-order valence-electron chi connectivity index (χ3n) is 5.29. The maximum absolute atomic E-state index is 13.2. The monoisotopic (exact) mass is 561 g/mol. The van der Waals surface area contributed by atoms with Crippen LogP contribution in [0.1, 0.15) is 38.7 Å². The molecule has 0 aliphatic carbocycles. The Morgan fingerprint density at radius 1 is 1.06 bits per heavy atom. The van der Waals surface area contributed by atoms with Crippen molar-refractivity contribution in [2.24, 2.45) is 0 Å². The number of amides is 2. The van der Waals surface area contributed by atoms with Gasteiger partial charge in [-0.15, -0.1) is 0 Å². The van der Waals surface area contributed by atoms with Gasteiger partial charge in [-0.1, -0.05) is 53.9 Å². The number of carbonyl (C=O) groups excluding carboxylic acids is 2. The molecule has 0 bridgehead atoms. The van der Waals surface area contributed by atoms with Crippen LogP contribution in [0.25, 0.3) is 0 Å². The van der Waals surface area contributed by atoms with Crippen LogP contribution < -0.4 is 9.62 Å². The summed E-state index contributed by atoms with van der Waals surface area (Å²) < 4.78 is 26.0. The first kappa shape index (κ1) is 29.2. The highest BCUT2D eigenvalue weighted by Crippen LogP contribution is 2.31. The first-order valence-electron chi connectivity index (χ1n) is 11.2. The van der Waals surface area contributed by atoms with E-state index in [0.717, 1.165) is 22.5 Å². The maximum atomic E-state index is 13.2. The fourth-order valence-corrected chi connectivity index (χ4v) is 5.09. The highest BCUT2D eigenvalue weighted by Gasteiger charge is 2.27. The molecule has 0 saturated heterocycles. The van der Waals surface area contributed by atoms with Gasteiger partial charge in [-0.05, 0) is 55.7 Å². The molecule has 1 unspecified atom stereocenters. The highest BCUT2D eigenvalue weighted by atomic mass is 35.5. The van der Waals surface area contributed by atoms with Crippen LogP contribution in [0.2, 0.25) is 15.1 Å². The predicted molar refractivity (Wildman–Crippen MR) is 143 cm³/mol. The molecule has 7 nitrogen and oxygen atoms in total. The summed E-state index contributed by atoms with van der Waals surface area (Å²) in [5.41, 5.74) is 1.03.